The zero-order valence-corrected chi connectivity index (χ0v) is 24.1. The molecule has 190 valence electrons. The van der Waals surface area contributed by atoms with Crippen molar-refractivity contribution in [1.82, 2.24) is 0 Å². The van der Waals surface area contributed by atoms with Gasteiger partial charge in [-0.25, -0.2) is 0 Å². The number of hydrogen-bond donors (Lipinski definition) is 0. The molecule has 0 nitrogen and oxygen atoms in total. The average molecular weight is 495 g/mol. The van der Waals surface area contributed by atoms with Gasteiger partial charge in [0.15, 0.2) is 0 Å². The van der Waals surface area contributed by atoms with Crippen molar-refractivity contribution < 1.29 is 0 Å². The predicted octanol–water partition coefficient (Wildman–Crippen LogP) is 10.8. The number of rotatable bonds is 4. The van der Waals surface area contributed by atoms with Crippen molar-refractivity contribution in [2.24, 2.45) is 0 Å². The summed E-state index contributed by atoms with van der Waals surface area (Å²) in [7, 11) is 0. The first-order valence-electron chi connectivity index (χ1n) is 13.6. The van der Waals surface area contributed by atoms with E-state index >= 15 is 0 Å². The fourth-order valence-electron chi connectivity index (χ4n) is 6.38. The number of aryl methyl sites for hydroxylation is 8. The largest absolute Gasteiger partial charge is 0.0617 e. The van der Waals surface area contributed by atoms with E-state index in [4.69, 9.17) is 0 Å². The molecule has 5 rings (SSSR count). The lowest BCUT2D eigenvalue weighted by molar-refractivity contribution is 1.33. The second-order valence-corrected chi connectivity index (χ2v) is 11.0. The molecule has 0 saturated carbocycles. The van der Waals surface area contributed by atoms with Gasteiger partial charge in [-0.05, 0) is 157 Å². The summed E-state index contributed by atoms with van der Waals surface area (Å²) >= 11 is 0. The fourth-order valence-corrected chi connectivity index (χ4v) is 6.38. The third-order valence-electron chi connectivity index (χ3n) is 8.16. The quantitative estimate of drug-likeness (QED) is 0.233. The van der Waals surface area contributed by atoms with Crippen LogP contribution in [0.25, 0.3) is 44.5 Å². The molecule has 0 radical (unpaired) electrons. The molecule has 0 bridgehead atoms. The van der Waals surface area contributed by atoms with Crippen LogP contribution < -0.4 is 0 Å². The molecule has 0 N–H and O–H groups in total. The predicted molar refractivity (Wildman–Crippen MR) is 166 cm³/mol. The summed E-state index contributed by atoms with van der Waals surface area (Å²) in [5.74, 6) is 0. The maximum atomic E-state index is 2.49. The molecule has 0 aliphatic heterocycles. The Hall–Kier alpha value is -3.90. The van der Waals surface area contributed by atoms with E-state index in [1.165, 1.54) is 89.0 Å². The first kappa shape index (κ1) is 25.7. The minimum absolute atomic E-state index is 1.31. The first-order valence-corrected chi connectivity index (χ1v) is 13.6. The van der Waals surface area contributed by atoms with Gasteiger partial charge in [-0.1, -0.05) is 72.8 Å². The normalized spacial score (nSPS) is 11.2. The molecule has 0 aliphatic rings. The van der Waals surface area contributed by atoms with Gasteiger partial charge in [-0.15, -0.1) is 0 Å². The second-order valence-electron chi connectivity index (χ2n) is 11.0. The number of benzene rings is 5. The minimum atomic E-state index is 1.31. The van der Waals surface area contributed by atoms with E-state index in [1.54, 1.807) is 0 Å². The summed E-state index contributed by atoms with van der Waals surface area (Å²) in [6, 6.07) is 31.6. The van der Waals surface area contributed by atoms with E-state index in [1.807, 2.05) is 0 Å². The molecule has 38 heavy (non-hydrogen) atoms. The van der Waals surface area contributed by atoms with Crippen LogP contribution in [0.3, 0.4) is 0 Å². The topological polar surface area (TPSA) is 0 Å². The Morgan fingerprint density at radius 1 is 0.263 bits per heavy atom. The van der Waals surface area contributed by atoms with Crippen LogP contribution in [0.2, 0.25) is 0 Å². The molecule has 5 aromatic carbocycles. The Bertz CT molecular complexity index is 1350. The van der Waals surface area contributed by atoms with Crippen molar-refractivity contribution in [3.05, 3.63) is 129 Å². The van der Waals surface area contributed by atoms with E-state index in [0.29, 0.717) is 0 Å². The highest BCUT2D eigenvalue weighted by Crippen LogP contribution is 2.47. The molecule has 0 aliphatic carbocycles. The van der Waals surface area contributed by atoms with Crippen molar-refractivity contribution in [3.8, 4) is 44.5 Å². The van der Waals surface area contributed by atoms with Gasteiger partial charge in [0.25, 0.3) is 0 Å². The van der Waals surface area contributed by atoms with Crippen molar-refractivity contribution in [1.29, 1.82) is 0 Å². The Balaban J connectivity index is 2.03. The summed E-state index contributed by atoms with van der Waals surface area (Å²) in [5, 5.41) is 0. The molecule has 0 atom stereocenters. The highest BCUT2D eigenvalue weighted by atomic mass is 14.3. The highest BCUT2D eigenvalue weighted by molar-refractivity contribution is 5.99. The molecular formula is C38H38. The fraction of sp³-hybridized carbons (Fsp3) is 0.211. The molecule has 0 saturated heterocycles. The zero-order valence-electron chi connectivity index (χ0n) is 24.1. The van der Waals surface area contributed by atoms with Gasteiger partial charge >= 0.3 is 0 Å². The highest BCUT2D eigenvalue weighted by Gasteiger charge is 2.22. The molecule has 0 amide bonds. The maximum absolute atomic E-state index is 2.49. The summed E-state index contributed by atoms with van der Waals surface area (Å²) < 4.78 is 0. The third-order valence-corrected chi connectivity index (χ3v) is 8.16. The van der Waals surface area contributed by atoms with E-state index in [-0.39, 0.29) is 0 Å². The van der Waals surface area contributed by atoms with Gasteiger partial charge in [0.1, 0.15) is 0 Å². The Morgan fingerprint density at radius 2 is 0.421 bits per heavy atom. The van der Waals surface area contributed by atoms with E-state index in [9.17, 15) is 0 Å². The third kappa shape index (κ3) is 4.39. The molecule has 5 aromatic rings. The standard InChI is InChI=1S/C38H38/c1-23-13-9-14-24(2)35(23)31-21-33(37-27(5)17-11-18-28(37)6)34(38-29(7)19-12-20-30(38)8)22-32(31)36-25(3)15-10-16-26(36)4/h9-22H,1-8H3. The van der Waals surface area contributed by atoms with Crippen LogP contribution in [0, 0.1) is 55.4 Å². The number of hydrogen-bond acceptors (Lipinski definition) is 0. The summed E-state index contributed by atoms with van der Waals surface area (Å²) in [5.41, 5.74) is 21.1. The molecule has 0 unspecified atom stereocenters. The van der Waals surface area contributed by atoms with Crippen LogP contribution in [-0.2, 0) is 0 Å². The molecule has 0 heterocycles. The van der Waals surface area contributed by atoms with Gasteiger partial charge in [-0.2, -0.15) is 0 Å². The van der Waals surface area contributed by atoms with Crippen molar-refractivity contribution >= 4 is 0 Å². The maximum Gasteiger partial charge on any atom is -0.00933 e. The summed E-state index contributed by atoms with van der Waals surface area (Å²) in [6.45, 7) is 18.0. The Kier molecular flexibility index (Phi) is 6.84. The summed E-state index contributed by atoms with van der Waals surface area (Å²) in [6.07, 6.45) is 0. The van der Waals surface area contributed by atoms with Crippen LogP contribution in [-0.4, -0.2) is 0 Å². The van der Waals surface area contributed by atoms with Crippen molar-refractivity contribution in [2.75, 3.05) is 0 Å². The lowest BCUT2D eigenvalue weighted by Gasteiger charge is -2.24. The van der Waals surface area contributed by atoms with E-state index in [2.05, 4.69) is 140 Å². The van der Waals surface area contributed by atoms with Crippen LogP contribution in [0.15, 0.2) is 84.9 Å². The smallest absolute Gasteiger partial charge is 0.00933 e. The van der Waals surface area contributed by atoms with Gasteiger partial charge in [-0.3, -0.25) is 0 Å². The Labute approximate surface area is 229 Å². The molecule has 0 fully saturated rings. The van der Waals surface area contributed by atoms with Crippen LogP contribution >= 0.6 is 0 Å². The minimum Gasteiger partial charge on any atom is -0.0617 e. The van der Waals surface area contributed by atoms with Crippen molar-refractivity contribution in [2.45, 2.75) is 55.4 Å². The monoisotopic (exact) mass is 494 g/mol. The SMILES string of the molecule is Cc1cccc(C)c1-c1cc(-c2c(C)cccc2C)c(-c2c(C)cccc2C)cc1-c1c(C)cccc1C. The van der Waals surface area contributed by atoms with Crippen molar-refractivity contribution in [3.63, 3.8) is 0 Å². The average Bonchev–Trinajstić information content (AvgIpc) is 2.85. The zero-order chi connectivity index (χ0) is 27.1. The van der Waals surface area contributed by atoms with Crippen LogP contribution in [0.1, 0.15) is 44.5 Å². The van der Waals surface area contributed by atoms with Crippen LogP contribution in [0.5, 0.6) is 0 Å². The van der Waals surface area contributed by atoms with Gasteiger partial charge in [0, 0.05) is 0 Å². The lowest BCUT2D eigenvalue weighted by atomic mass is 9.79. The van der Waals surface area contributed by atoms with Gasteiger partial charge < -0.3 is 0 Å². The molecule has 0 heteroatoms. The summed E-state index contributed by atoms with van der Waals surface area (Å²) in [4.78, 5) is 0. The molecule has 0 aromatic heterocycles. The van der Waals surface area contributed by atoms with Crippen LogP contribution in [0.4, 0.5) is 0 Å². The first-order chi connectivity index (χ1) is 18.2. The lowest BCUT2D eigenvalue weighted by Crippen LogP contribution is -2.00. The molecular weight excluding hydrogens is 456 g/mol. The van der Waals surface area contributed by atoms with Gasteiger partial charge in [0.2, 0.25) is 0 Å². The second kappa shape index (κ2) is 10.1. The Morgan fingerprint density at radius 3 is 0.579 bits per heavy atom. The van der Waals surface area contributed by atoms with E-state index in [0.717, 1.165) is 0 Å². The van der Waals surface area contributed by atoms with Gasteiger partial charge in [0.05, 0.1) is 0 Å². The van der Waals surface area contributed by atoms with E-state index < -0.39 is 0 Å². The molecule has 0 spiro atoms.